The summed E-state index contributed by atoms with van der Waals surface area (Å²) in [4.78, 5) is 14.8. The fourth-order valence-corrected chi connectivity index (χ4v) is 3.25. The molecular weight excluding hydrogens is 278 g/mol. The first-order chi connectivity index (χ1) is 10.7. The molecule has 22 heavy (non-hydrogen) atoms. The molecule has 5 heteroatoms. The first-order valence-electron chi connectivity index (χ1n) is 8.14. The number of amides is 1. The average molecular weight is 303 g/mol. The van der Waals surface area contributed by atoms with Gasteiger partial charge in [-0.3, -0.25) is 9.69 Å². The van der Waals surface area contributed by atoms with Crippen molar-refractivity contribution in [3.05, 3.63) is 35.9 Å². The first-order valence-corrected chi connectivity index (χ1v) is 8.14. The minimum atomic E-state index is -0.225. The number of nitrogens with one attached hydrogen (secondary N) is 2. The van der Waals surface area contributed by atoms with Crippen LogP contribution in [0.1, 0.15) is 18.9 Å². The smallest absolute Gasteiger partial charge is 0.240 e. The van der Waals surface area contributed by atoms with Gasteiger partial charge in [-0.15, -0.1) is 0 Å². The van der Waals surface area contributed by atoms with Gasteiger partial charge in [0, 0.05) is 32.2 Å². The summed E-state index contributed by atoms with van der Waals surface area (Å²) in [7, 11) is 0. The molecule has 0 bridgehead atoms. The van der Waals surface area contributed by atoms with Gasteiger partial charge in [0.05, 0.1) is 12.7 Å². The van der Waals surface area contributed by atoms with Crippen molar-refractivity contribution in [3.8, 4) is 0 Å². The second-order valence-corrected chi connectivity index (χ2v) is 6.22. The third kappa shape index (κ3) is 3.85. The lowest BCUT2D eigenvalue weighted by molar-refractivity contribution is -0.129. The van der Waals surface area contributed by atoms with Crippen LogP contribution in [0.3, 0.4) is 0 Å². The third-order valence-corrected chi connectivity index (χ3v) is 4.47. The van der Waals surface area contributed by atoms with Crippen LogP contribution < -0.4 is 10.6 Å². The maximum Gasteiger partial charge on any atom is 0.240 e. The van der Waals surface area contributed by atoms with Gasteiger partial charge in [-0.2, -0.15) is 0 Å². The summed E-state index contributed by atoms with van der Waals surface area (Å²) in [5.74, 6) is 0.0683. The summed E-state index contributed by atoms with van der Waals surface area (Å²) in [6.45, 7) is 6.28. The van der Waals surface area contributed by atoms with Crippen molar-refractivity contribution in [2.24, 2.45) is 0 Å². The molecule has 0 spiro atoms. The van der Waals surface area contributed by atoms with Crippen LogP contribution in [-0.4, -0.2) is 55.2 Å². The molecule has 120 valence electrons. The van der Waals surface area contributed by atoms with Crippen LogP contribution in [0.4, 0.5) is 0 Å². The van der Waals surface area contributed by atoms with Crippen molar-refractivity contribution in [1.82, 2.24) is 15.5 Å². The van der Waals surface area contributed by atoms with Gasteiger partial charge < -0.3 is 15.4 Å². The Morgan fingerprint density at radius 2 is 2.23 bits per heavy atom. The molecule has 0 aliphatic carbocycles. The molecule has 0 aromatic heterocycles. The van der Waals surface area contributed by atoms with E-state index < -0.39 is 0 Å². The van der Waals surface area contributed by atoms with E-state index >= 15 is 0 Å². The van der Waals surface area contributed by atoms with Crippen LogP contribution in [-0.2, 0) is 16.1 Å². The number of carbonyl (C=O) groups excluding carboxylic acids is 1. The molecule has 0 radical (unpaired) electrons. The van der Waals surface area contributed by atoms with Crippen LogP contribution in [0.2, 0.25) is 0 Å². The Balaban J connectivity index is 1.47. The van der Waals surface area contributed by atoms with Gasteiger partial charge >= 0.3 is 0 Å². The second-order valence-electron chi connectivity index (χ2n) is 6.22. The summed E-state index contributed by atoms with van der Waals surface area (Å²) < 4.78 is 5.54. The number of hydrogen-bond acceptors (Lipinski definition) is 4. The largest absolute Gasteiger partial charge is 0.375 e. The van der Waals surface area contributed by atoms with Crippen molar-refractivity contribution in [2.45, 2.75) is 38.1 Å². The van der Waals surface area contributed by atoms with Gasteiger partial charge in [-0.05, 0) is 18.9 Å². The van der Waals surface area contributed by atoms with Gasteiger partial charge in [0.2, 0.25) is 5.91 Å². The number of ether oxygens (including phenoxy) is 1. The predicted molar refractivity (Wildman–Crippen MR) is 85.5 cm³/mol. The van der Waals surface area contributed by atoms with Crippen LogP contribution in [0, 0.1) is 0 Å². The highest BCUT2D eigenvalue weighted by molar-refractivity contribution is 5.82. The summed E-state index contributed by atoms with van der Waals surface area (Å²) >= 11 is 0. The SMILES string of the molecule is C[C@H]1OCCN[C@@H]1C(=O)NC1CCN(Cc2ccccc2)C1. The highest BCUT2D eigenvalue weighted by Crippen LogP contribution is 2.14. The number of carbonyl (C=O) groups is 1. The maximum absolute atomic E-state index is 12.4. The van der Waals surface area contributed by atoms with E-state index in [1.165, 1.54) is 5.56 Å². The molecular formula is C17H25N3O2. The Hall–Kier alpha value is -1.43. The zero-order valence-electron chi connectivity index (χ0n) is 13.1. The number of likely N-dealkylation sites (tertiary alicyclic amines) is 1. The minimum absolute atomic E-state index is 0.0597. The van der Waals surface area contributed by atoms with Crippen molar-refractivity contribution < 1.29 is 9.53 Å². The first kappa shape index (κ1) is 15.5. The number of benzene rings is 1. The van der Waals surface area contributed by atoms with Crippen molar-refractivity contribution in [3.63, 3.8) is 0 Å². The molecule has 2 aliphatic heterocycles. The highest BCUT2D eigenvalue weighted by atomic mass is 16.5. The third-order valence-electron chi connectivity index (χ3n) is 4.47. The number of morpholine rings is 1. The number of rotatable bonds is 4. The van der Waals surface area contributed by atoms with E-state index in [1.807, 2.05) is 13.0 Å². The van der Waals surface area contributed by atoms with Crippen LogP contribution in [0.5, 0.6) is 0 Å². The van der Waals surface area contributed by atoms with Crippen molar-refractivity contribution in [1.29, 1.82) is 0 Å². The Bertz CT molecular complexity index is 494. The fraction of sp³-hybridized carbons (Fsp3) is 0.588. The molecule has 2 heterocycles. The molecule has 2 fully saturated rings. The Morgan fingerprint density at radius 1 is 1.41 bits per heavy atom. The van der Waals surface area contributed by atoms with Crippen LogP contribution in [0.25, 0.3) is 0 Å². The minimum Gasteiger partial charge on any atom is -0.375 e. The lowest BCUT2D eigenvalue weighted by atomic mass is 10.1. The van der Waals surface area contributed by atoms with Crippen LogP contribution >= 0.6 is 0 Å². The Morgan fingerprint density at radius 3 is 3.00 bits per heavy atom. The topological polar surface area (TPSA) is 53.6 Å². The molecule has 3 rings (SSSR count). The van der Waals surface area contributed by atoms with E-state index in [4.69, 9.17) is 4.74 Å². The van der Waals surface area contributed by atoms with E-state index in [2.05, 4.69) is 39.8 Å². The van der Waals surface area contributed by atoms with Gasteiger partial charge in [0.1, 0.15) is 6.04 Å². The summed E-state index contributed by atoms with van der Waals surface area (Å²) in [6.07, 6.45) is 0.955. The standard InChI is InChI=1S/C17H25N3O2/c1-13-16(18-8-10-22-13)17(21)19-15-7-9-20(12-15)11-14-5-3-2-4-6-14/h2-6,13,15-16,18H,7-12H2,1H3,(H,19,21)/t13-,15?,16+/m1/s1. The molecule has 5 nitrogen and oxygen atoms in total. The predicted octanol–water partition coefficient (Wildman–Crippen LogP) is 0.754. The number of nitrogens with zero attached hydrogens (tertiary/aromatic N) is 1. The fourth-order valence-electron chi connectivity index (χ4n) is 3.25. The van der Waals surface area contributed by atoms with E-state index in [9.17, 15) is 4.79 Å². The molecule has 0 saturated carbocycles. The zero-order chi connectivity index (χ0) is 15.4. The number of hydrogen-bond donors (Lipinski definition) is 2. The van der Waals surface area contributed by atoms with Crippen molar-refractivity contribution >= 4 is 5.91 Å². The lowest BCUT2D eigenvalue weighted by Crippen LogP contribution is -2.57. The Kier molecular flexibility index (Phi) is 5.08. The monoisotopic (exact) mass is 303 g/mol. The summed E-state index contributed by atoms with van der Waals surface area (Å²) in [5.41, 5.74) is 1.32. The van der Waals surface area contributed by atoms with Crippen molar-refractivity contribution in [2.75, 3.05) is 26.2 Å². The lowest BCUT2D eigenvalue weighted by Gasteiger charge is -2.30. The Labute approximate surface area is 132 Å². The highest BCUT2D eigenvalue weighted by Gasteiger charge is 2.31. The van der Waals surface area contributed by atoms with E-state index in [-0.39, 0.29) is 24.1 Å². The van der Waals surface area contributed by atoms with E-state index in [1.54, 1.807) is 0 Å². The molecule has 1 unspecified atom stereocenters. The molecule has 2 aliphatic rings. The summed E-state index contributed by atoms with van der Waals surface area (Å²) in [5, 5.41) is 6.41. The average Bonchev–Trinajstić information content (AvgIpc) is 2.95. The van der Waals surface area contributed by atoms with Crippen LogP contribution in [0.15, 0.2) is 30.3 Å². The zero-order valence-corrected chi connectivity index (χ0v) is 13.1. The van der Waals surface area contributed by atoms with E-state index in [0.717, 1.165) is 32.6 Å². The molecule has 2 saturated heterocycles. The van der Waals surface area contributed by atoms with Gasteiger partial charge in [-0.25, -0.2) is 0 Å². The quantitative estimate of drug-likeness (QED) is 0.862. The summed E-state index contributed by atoms with van der Waals surface area (Å²) in [6, 6.07) is 10.5. The normalized spacial score (nSPS) is 29.4. The van der Waals surface area contributed by atoms with Gasteiger partial charge in [0.25, 0.3) is 0 Å². The second kappa shape index (κ2) is 7.22. The maximum atomic E-state index is 12.4. The molecule has 1 aromatic rings. The van der Waals surface area contributed by atoms with E-state index in [0.29, 0.717) is 6.61 Å². The van der Waals surface area contributed by atoms with Gasteiger partial charge in [-0.1, -0.05) is 30.3 Å². The van der Waals surface area contributed by atoms with Gasteiger partial charge in [0.15, 0.2) is 0 Å². The molecule has 3 atom stereocenters. The molecule has 1 amide bonds. The molecule has 2 N–H and O–H groups in total. The molecule has 1 aromatic carbocycles.